The highest BCUT2D eigenvalue weighted by atomic mass is 32.2. The van der Waals surface area contributed by atoms with Crippen LogP contribution in [0.5, 0.6) is 5.75 Å². The Morgan fingerprint density at radius 2 is 0.913 bits per heavy atom. The maximum absolute atomic E-state index is 14.2. The number of amides is 5. The van der Waals surface area contributed by atoms with Gasteiger partial charge in [-0.3, -0.25) is 35.5 Å². The Balaban J connectivity index is 0.000000413. The first kappa shape index (κ1) is 76.9. The minimum absolute atomic E-state index is 0.0641. The molecule has 0 fully saturated rings. The summed E-state index contributed by atoms with van der Waals surface area (Å²) in [7, 11) is 2.07. The van der Waals surface area contributed by atoms with Crippen LogP contribution >= 0.6 is 22.7 Å². The van der Waals surface area contributed by atoms with Crippen molar-refractivity contribution in [3.63, 3.8) is 0 Å². The van der Waals surface area contributed by atoms with Crippen LogP contribution in [0.3, 0.4) is 0 Å². The van der Waals surface area contributed by atoms with Gasteiger partial charge in [-0.2, -0.15) is 10.2 Å². The van der Waals surface area contributed by atoms with E-state index in [9.17, 15) is 45.6 Å². The van der Waals surface area contributed by atoms with E-state index in [4.69, 9.17) is 23.7 Å². The molecule has 0 spiro atoms. The Morgan fingerprint density at radius 1 is 0.505 bits per heavy atom. The van der Waals surface area contributed by atoms with Gasteiger partial charge in [0.2, 0.25) is 6.17 Å². The molecule has 540 valence electrons. The van der Waals surface area contributed by atoms with Crippen molar-refractivity contribution in [1.29, 1.82) is 0 Å². The van der Waals surface area contributed by atoms with Crippen molar-refractivity contribution in [1.82, 2.24) is 31.2 Å². The number of nitrogens with zero attached hydrogens (tertiary/aromatic N) is 8. The Labute approximate surface area is 601 Å². The highest BCUT2D eigenvalue weighted by Gasteiger charge is 2.31. The number of ether oxygens (including phenoxy) is 5. The van der Waals surface area contributed by atoms with E-state index in [2.05, 4.69) is 183 Å². The lowest BCUT2D eigenvalue weighted by molar-refractivity contribution is -0.137. The van der Waals surface area contributed by atoms with E-state index < -0.39 is 74.4 Å². The molecule has 9 aromatic rings. The number of esters is 1. The summed E-state index contributed by atoms with van der Waals surface area (Å²) in [5.74, 6) is -2.68. The second-order valence-corrected chi connectivity index (χ2v) is 26.9. The number of alkyl carbamates (subject to hydrolysis) is 4. The molecule has 0 atom stereocenters. The Bertz CT molecular complexity index is 4580. The monoisotopic (exact) mass is 1480 g/mol. The van der Waals surface area contributed by atoms with Crippen LogP contribution in [0.4, 0.5) is 74.9 Å². The molecule has 0 bridgehead atoms. The van der Waals surface area contributed by atoms with E-state index in [1.165, 1.54) is 141 Å². The summed E-state index contributed by atoms with van der Waals surface area (Å²) in [4.78, 5) is 90.5. The number of anilines is 6. The summed E-state index contributed by atoms with van der Waals surface area (Å²) in [6.45, 7) is 5.49. The molecule has 103 heavy (non-hydrogen) atoms. The van der Waals surface area contributed by atoms with Crippen LogP contribution in [-0.2, 0) is 48.6 Å². The van der Waals surface area contributed by atoms with Crippen molar-refractivity contribution >= 4 is 146 Å². The average Bonchev–Trinajstić information content (AvgIpc) is 1.18. The van der Waals surface area contributed by atoms with Crippen molar-refractivity contribution < 1.29 is 69.3 Å². The van der Waals surface area contributed by atoms with Crippen LogP contribution in [-0.4, -0.2) is 137 Å². The van der Waals surface area contributed by atoms with Gasteiger partial charge in [-0.15, -0.1) is 32.9 Å². The molecule has 0 radical (unpaired) electrons. The normalized spacial score (nSPS) is 11.3. The zero-order valence-corrected chi connectivity index (χ0v) is 60.3. The highest BCUT2D eigenvalue weighted by molar-refractivity contribution is 7.93. The zero-order valence-electron chi connectivity index (χ0n) is 57.1. The molecule has 0 aliphatic rings. The van der Waals surface area contributed by atoms with E-state index in [0.29, 0.717) is 0 Å². The lowest BCUT2D eigenvalue weighted by Crippen LogP contribution is -2.55. The third-order valence-corrected chi connectivity index (χ3v) is 18.7. The summed E-state index contributed by atoms with van der Waals surface area (Å²) in [6, 6.07) is 42.0. The van der Waals surface area contributed by atoms with Crippen LogP contribution in [0.25, 0.3) is 10.8 Å². The number of carbonyl (C=O) groups excluding carboxylic acids is 6. The number of nitrogens with one attached hydrogen (secondary N) is 8. The number of hydrogen-bond donors (Lipinski definition) is 8. The SMILES string of the molecule is CCOC(=O)NC(NC(=O)OCC)C(=O)Nc1cccc2c(OC(=O)C(NC(=O)OCC)NC(=O)OCC)c(N=Nc3ccc(S(=O)(=O)Nc4nccs4)cc3)cc(N=Nc3ccc(S(=O)(=O)Nc4nccs4)cc3)c12.CNc1ccc(C(c2ccc(N(C)C)cc2)c2ccc(N(C)C)cc2)cc1. The largest absolute Gasteiger partial charge is 0.450 e. The number of aromatic nitrogens is 2. The molecule has 9 rings (SSSR count). The zero-order chi connectivity index (χ0) is 74.2. The molecule has 0 saturated heterocycles. The van der Waals surface area contributed by atoms with Crippen LogP contribution in [0.1, 0.15) is 50.3 Å². The van der Waals surface area contributed by atoms with E-state index >= 15 is 0 Å². The van der Waals surface area contributed by atoms with Gasteiger partial charge in [-0.05, 0) is 141 Å². The van der Waals surface area contributed by atoms with Gasteiger partial charge in [0.25, 0.3) is 26.0 Å². The van der Waals surface area contributed by atoms with Gasteiger partial charge in [0, 0.05) is 92.1 Å². The molecule has 31 nitrogen and oxygen atoms in total. The Morgan fingerprint density at radius 3 is 1.30 bits per heavy atom. The van der Waals surface area contributed by atoms with Crippen molar-refractivity contribution in [3.8, 4) is 5.75 Å². The van der Waals surface area contributed by atoms with Gasteiger partial charge in [0.15, 0.2) is 22.2 Å². The molecule has 2 aromatic heterocycles. The number of sulfonamides is 2. The van der Waals surface area contributed by atoms with Gasteiger partial charge in [0.05, 0.1) is 59.0 Å². The van der Waals surface area contributed by atoms with Gasteiger partial charge in [-0.25, -0.2) is 50.8 Å². The molecule has 2 heterocycles. The predicted molar refractivity (Wildman–Crippen MR) is 392 cm³/mol. The topological polar surface area (TPSA) is 395 Å². The van der Waals surface area contributed by atoms with Crippen LogP contribution in [0, 0.1) is 0 Å². The summed E-state index contributed by atoms with van der Waals surface area (Å²) in [5.41, 5.74) is 7.01. The lowest BCUT2D eigenvalue weighted by Gasteiger charge is -2.22. The molecule has 0 aliphatic heterocycles. The highest BCUT2D eigenvalue weighted by Crippen LogP contribution is 2.46. The molecule has 7 aromatic carbocycles. The average molecular weight is 1480 g/mol. The second-order valence-electron chi connectivity index (χ2n) is 21.8. The van der Waals surface area contributed by atoms with Crippen molar-refractivity contribution in [2.45, 2.75) is 55.7 Å². The number of hydrogen-bond acceptors (Lipinski definition) is 26. The summed E-state index contributed by atoms with van der Waals surface area (Å²) in [6.07, 6.45) is -5.47. The molecule has 0 unspecified atom stereocenters. The first-order valence-electron chi connectivity index (χ1n) is 31.5. The number of benzene rings is 7. The number of rotatable bonds is 28. The third-order valence-electron chi connectivity index (χ3n) is 14.3. The fourth-order valence-electron chi connectivity index (χ4n) is 9.49. The lowest BCUT2D eigenvalue weighted by atomic mass is 9.85. The fraction of sp³-hybridized carbons (Fsp3) is 0.235. The van der Waals surface area contributed by atoms with Gasteiger partial charge in [0.1, 0.15) is 5.69 Å². The summed E-state index contributed by atoms with van der Waals surface area (Å²) in [5, 5.41) is 35.2. The number of azo groups is 2. The number of carbonyl (C=O) groups is 6. The molecular weight excluding hydrogens is 1410 g/mol. The standard InChI is InChI=1S/C44H45N13O15S4.C24H29N3/c1-5-68-41(60)48-35(49-42(61)69-6-2)37(58)47-30-11-9-10-29-33(30)31(54-52-25-12-16-27(17-13-25)75(64,65)56-39-45-20-22-73-39)24-32(34(29)72-38(59)36(50-43(62)70-7-3)51-44(63)71-8-4)55-53-26-14-18-28(19-15-26)76(66,67)57-40-46-21-23-74-40;1-25-21-12-6-18(7-13-21)24(19-8-14-22(15-9-19)26(2)3)20-10-16-23(17-11-20)27(4)5/h9-24,35-36H,5-8H2,1-4H3,(H,45,56)(H,46,57)(H,47,58)(H,48,60)(H,49,61)(H,50,62)(H,51,63);6-17,24-25H,1-5H3. The summed E-state index contributed by atoms with van der Waals surface area (Å²) >= 11 is 2.13. The molecule has 0 saturated carbocycles. The molecule has 0 aliphatic carbocycles. The van der Waals surface area contributed by atoms with Gasteiger partial charge >= 0.3 is 30.3 Å². The molecule has 8 N–H and O–H groups in total. The van der Waals surface area contributed by atoms with Gasteiger partial charge in [-0.1, -0.05) is 48.5 Å². The predicted octanol–water partition coefficient (Wildman–Crippen LogP) is 12.7. The van der Waals surface area contributed by atoms with Crippen LogP contribution in [0.2, 0.25) is 0 Å². The van der Waals surface area contributed by atoms with E-state index in [-0.39, 0.29) is 91.6 Å². The maximum atomic E-state index is 14.2. The van der Waals surface area contributed by atoms with Crippen LogP contribution < -0.4 is 55.9 Å². The minimum atomic E-state index is -4.09. The van der Waals surface area contributed by atoms with Gasteiger partial charge < -0.3 is 44.1 Å². The van der Waals surface area contributed by atoms with Crippen molar-refractivity contribution in [2.24, 2.45) is 20.5 Å². The van der Waals surface area contributed by atoms with Crippen LogP contribution in [0.15, 0.2) is 199 Å². The van der Waals surface area contributed by atoms with Crippen molar-refractivity contribution in [3.05, 3.63) is 185 Å². The Hall–Kier alpha value is -11.8. The number of fused-ring (bicyclic) bond motifs is 1. The second kappa shape index (κ2) is 36.5. The summed E-state index contributed by atoms with van der Waals surface area (Å²) < 4.78 is 82.7. The Kier molecular flexibility index (Phi) is 27.3. The molecule has 5 amide bonds. The van der Waals surface area contributed by atoms with E-state index in [0.717, 1.165) is 28.4 Å². The molecular formula is C68H74N16O15S4. The van der Waals surface area contributed by atoms with E-state index in [1.807, 2.05) is 7.05 Å². The minimum Gasteiger partial charge on any atom is -0.450 e. The number of thiazole rings is 2. The smallest absolute Gasteiger partial charge is 0.409 e. The fourth-order valence-corrected chi connectivity index (χ4v) is 13.1. The van der Waals surface area contributed by atoms with E-state index in [1.54, 1.807) is 10.8 Å². The quantitative estimate of drug-likeness (QED) is 0.00564. The maximum Gasteiger partial charge on any atom is 0.409 e. The first-order valence-corrected chi connectivity index (χ1v) is 36.2. The first-order chi connectivity index (χ1) is 49.4. The molecule has 35 heteroatoms. The third kappa shape index (κ3) is 21.6. The van der Waals surface area contributed by atoms with Crippen molar-refractivity contribution in [2.75, 3.05) is 91.5 Å².